The highest BCUT2D eigenvalue weighted by Crippen LogP contribution is 2.45. The van der Waals surface area contributed by atoms with Crippen molar-refractivity contribution in [2.75, 3.05) is 0 Å². The van der Waals surface area contributed by atoms with Crippen molar-refractivity contribution < 1.29 is 0 Å². The Morgan fingerprint density at radius 1 is 0.395 bits per heavy atom. The molecule has 1 nitrogen and oxygen atoms in total. The Kier molecular flexibility index (Phi) is 5.44. The molecule has 0 saturated heterocycles. The summed E-state index contributed by atoms with van der Waals surface area (Å²) < 4.78 is 2.57. The highest BCUT2D eigenvalue weighted by molar-refractivity contribution is 7.26. The quantitative estimate of drug-likeness (QED) is 0.208. The SMILES string of the molecule is c1ccc(-c2cccc(-c3cc(-c4cccc5ccccc45)c4ccc5sc6ccc7ccccc7c6c5c4n3)c2)cc1. The molecule has 0 aliphatic heterocycles. The lowest BCUT2D eigenvalue weighted by Gasteiger charge is -2.14. The summed E-state index contributed by atoms with van der Waals surface area (Å²) >= 11 is 1.86. The van der Waals surface area contributed by atoms with Crippen molar-refractivity contribution in [2.24, 2.45) is 0 Å². The van der Waals surface area contributed by atoms with E-state index in [0.717, 1.165) is 16.8 Å². The van der Waals surface area contributed by atoms with E-state index in [2.05, 4.69) is 152 Å². The highest BCUT2D eigenvalue weighted by atomic mass is 32.1. The van der Waals surface area contributed by atoms with Crippen LogP contribution in [0.2, 0.25) is 0 Å². The molecule has 0 radical (unpaired) electrons. The van der Waals surface area contributed by atoms with E-state index in [0.29, 0.717) is 0 Å². The first-order chi connectivity index (χ1) is 21.3. The maximum atomic E-state index is 5.51. The fraction of sp³-hybridized carbons (Fsp3) is 0. The van der Waals surface area contributed by atoms with E-state index in [1.807, 2.05) is 11.3 Å². The molecular formula is C41H25NS. The average molecular weight is 564 g/mol. The number of hydrogen-bond acceptors (Lipinski definition) is 2. The zero-order valence-electron chi connectivity index (χ0n) is 23.3. The summed E-state index contributed by atoms with van der Waals surface area (Å²) in [6, 6.07) is 54.8. The normalized spacial score (nSPS) is 11.7. The van der Waals surface area contributed by atoms with Crippen LogP contribution < -0.4 is 0 Å². The zero-order chi connectivity index (χ0) is 28.3. The van der Waals surface area contributed by atoms with Gasteiger partial charge in [0.15, 0.2) is 0 Å². The summed E-state index contributed by atoms with van der Waals surface area (Å²) in [7, 11) is 0. The van der Waals surface area contributed by atoms with Gasteiger partial charge in [0, 0.05) is 31.1 Å². The summed E-state index contributed by atoms with van der Waals surface area (Å²) in [6.45, 7) is 0. The maximum Gasteiger partial charge on any atom is 0.0809 e. The van der Waals surface area contributed by atoms with Crippen LogP contribution in [-0.4, -0.2) is 4.98 Å². The number of aromatic nitrogens is 1. The number of thiophene rings is 1. The second-order valence-electron chi connectivity index (χ2n) is 11.1. The minimum atomic E-state index is 0.986. The molecule has 9 aromatic rings. The van der Waals surface area contributed by atoms with Crippen LogP contribution in [0.15, 0.2) is 152 Å². The lowest BCUT2D eigenvalue weighted by atomic mass is 9.92. The van der Waals surface area contributed by atoms with Gasteiger partial charge in [0.2, 0.25) is 0 Å². The standard InChI is InChI=1S/C41H25NS/c1-2-10-26(11-3-1)29-15-8-16-30(24-29)36-25-35(33-19-9-14-27-12-4-6-17-31(27)33)34-21-23-38-40(41(34)42-36)39-32-18-7-5-13-28(32)20-22-37(39)43-38/h1-25H. The van der Waals surface area contributed by atoms with Gasteiger partial charge in [0.1, 0.15) is 0 Å². The van der Waals surface area contributed by atoms with Crippen molar-refractivity contribution in [3.05, 3.63) is 152 Å². The van der Waals surface area contributed by atoms with Crippen LogP contribution in [0, 0.1) is 0 Å². The van der Waals surface area contributed by atoms with Crippen LogP contribution in [-0.2, 0) is 0 Å². The Morgan fingerprint density at radius 2 is 1.05 bits per heavy atom. The van der Waals surface area contributed by atoms with Gasteiger partial charge in [-0.3, -0.25) is 0 Å². The van der Waals surface area contributed by atoms with E-state index in [4.69, 9.17) is 4.98 Å². The minimum absolute atomic E-state index is 0.986. The second-order valence-corrected chi connectivity index (χ2v) is 12.2. The van der Waals surface area contributed by atoms with Gasteiger partial charge in [-0.25, -0.2) is 4.98 Å². The van der Waals surface area contributed by atoms with Gasteiger partial charge in [0.25, 0.3) is 0 Å². The molecule has 2 heterocycles. The Labute approximate surface area is 253 Å². The molecule has 2 aromatic heterocycles. The Bertz CT molecular complexity index is 2500. The highest BCUT2D eigenvalue weighted by Gasteiger charge is 2.18. The molecule has 0 atom stereocenters. The number of nitrogens with zero attached hydrogens (tertiary/aromatic N) is 1. The molecule has 0 aliphatic carbocycles. The lowest BCUT2D eigenvalue weighted by molar-refractivity contribution is 1.41. The monoisotopic (exact) mass is 563 g/mol. The molecular weight excluding hydrogens is 539 g/mol. The van der Waals surface area contributed by atoms with E-state index < -0.39 is 0 Å². The first kappa shape index (κ1) is 24.3. The second kappa shape index (κ2) is 9.62. The number of rotatable bonds is 3. The zero-order valence-corrected chi connectivity index (χ0v) is 24.1. The fourth-order valence-electron chi connectivity index (χ4n) is 6.63. The van der Waals surface area contributed by atoms with Crippen LogP contribution in [0.4, 0.5) is 0 Å². The van der Waals surface area contributed by atoms with Crippen LogP contribution in [0.1, 0.15) is 0 Å². The Morgan fingerprint density at radius 3 is 1.93 bits per heavy atom. The molecule has 9 rings (SSSR count). The predicted molar refractivity (Wildman–Crippen MR) is 186 cm³/mol. The largest absolute Gasteiger partial charge is 0.247 e. The molecule has 0 saturated carbocycles. The van der Waals surface area contributed by atoms with Gasteiger partial charge in [-0.05, 0) is 68.1 Å². The van der Waals surface area contributed by atoms with Crippen LogP contribution >= 0.6 is 11.3 Å². The van der Waals surface area contributed by atoms with Crippen molar-refractivity contribution in [1.82, 2.24) is 4.98 Å². The number of fused-ring (bicyclic) bond motifs is 8. The molecule has 0 N–H and O–H groups in total. The number of hydrogen-bond donors (Lipinski definition) is 0. The van der Waals surface area contributed by atoms with E-state index in [9.17, 15) is 0 Å². The molecule has 0 aliphatic rings. The Hall–Kier alpha value is -5.31. The smallest absolute Gasteiger partial charge is 0.0809 e. The third-order valence-corrected chi connectivity index (χ3v) is 9.77. The lowest BCUT2D eigenvalue weighted by Crippen LogP contribution is -1.92. The molecule has 0 bridgehead atoms. The van der Waals surface area contributed by atoms with Gasteiger partial charge < -0.3 is 0 Å². The van der Waals surface area contributed by atoms with Crippen molar-refractivity contribution >= 4 is 64.0 Å². The summed E-state index contributed by atoms with van der Waals surface area (Å²) in [6.07, 6.45) is 0. The summed E-state index contributed by atoms with van der Waals surface area (Å²) in [4.78, 5) is 5.51. The van der Waals surface area contributed by atoms with Crippen molar-refractivity contribution in [2.45, 2.75) is 0 Å². The van der Waals surface area contributed by atoms with E-state index in [1.54, 1.807) is 0 Å². The average Bonchev–Trinajstić information content (AvgIpc) is 3.48. The van der Waals surface area contributed by atoms with Crippen LogP contribution in [0.5, 0.6) is 0 Å². The molecule has 7 aromatic carbocycles. The van der Waals surface area contributed by atoms with Gasteiger partial charge in [-0.1, -0.05) is 127 Å². The van der Waals surface area contributed by atoms with Crippen LogP contribution in [0.3, 0.4) is 0 Å². The van der Waals surface area contributed by atoms with Gasteiger partial charge >= 0.3 is 0 Å². The summed E-state index contributed by atoms with van der Waals surface area (Å²) in [5.41, 5.74) is 8.00. The molecule has 0 spiro atoms. The number of pyridine rings is 1. The van der Waals surface area contributed by atoms with Crippen molar-refractivity contribution in [3.8, 4) is 33.5 Å². The van der Waals surface area contributed by atoms with Crippen molar-refractivity contribution in [3.63, 3.8) is 0 Å². The maximum absolute atomic E-state index is 5.51. The molecule has 43 heavy (non-hydrogen) atoms. The summed E-state index contributed by atoms with van der Waals surface area (Å²) in [5, 5.41) is 8.76. The molecule has 0 unspecified atom stereocenters. The van der Waals surface area contributed by atoms with E-state index in [1.165, 1.54) is 69.4 Å². The van der Waals surface area contributed by atoms with E-state index >= 15 is 0 Å². The Balaban J connectivity index is 1.42. The molecule has 0 fully saturated rings. The third kappa shape index (κ3) is 3.88. The molecule has 200 valence electrons. The predicted octanol–water partition coefficient (Wildman–Crippen LogP) is 11.9. The van der Waals surface area contributed by atoms with Gasteiger partial charge in [-0.2, -0.15) is 0 Å². The first-order valence-corrected chi connectivity index (χ1v) is 15.5. The van der Waals surface area contributed by atoms with Gasteiger partial charge in [0.05, 0.1) is 11.2 Å². The van der Waals surface area contributed by atoms with Crippen molar-refractivity contribution in [1.29, 1.82) is 0 Å². The fourth-order valence-corrected chi connectivity index (χ4v) is 7.76. The first-order valence-electron chi connectivity index (χ1n) is 14.6. The minimum Gasteiger partial charge on any atom is -0.247 e. The molecule has 0 amide bonds. The summed E-state index contributed by atoms with van der Waals surface area (Å²) in [5.74, 6) is 0. The third-order valence-electron chi connectivity index (χ3n) is 8.65. The van der Waals surface area contributed by atoms with E-state index in [-0.39, 0.29) is 0 Å². The van der Waals surface area contributed by atoms with Crippen LogP contribution in [0.25, 0.3) is 86.1 Å². The number of benzene rings is 7. The molecule has 2 heteroatoms. The van der Waals surface area contributed by atoms with Gasteiger partial charge in [-0.15, -0.1) is 11.3 Å². The topological polar surface area (TPSA) is 12.9 Å².